The number of nitrogens with zero attached hydrogens (tertiary/aromatic N) is 6. The molecule has 0 aliphatic carbocycles. The maximum Gasteiger partial charge on any atom is 0.255 e. The molecule has 0 bridgehead atoms. The minimum atomic E-state index is 0.0138. The van der Waals surface area contributed by atoms with E-state index in [1.54, 1.807) is 47.7 Å². The molecule has 1 amide bonds. The van der Waals surface area contributed by atoms with E-state index in [4.69, 9.17) is 4.74 Å². The summed E-state index contributed by atoms with van der Waals surface area (Å²) in [7, 11) is 0. The van der Waals surface area contributed by atoms with Crippen molar-refractivity contribution in [3.05, 3.63) is 60.7 Å². The number of likely N-dealkylation sites (tertiary alicyclic amines) is 1. The van der Waals surface area contributed by atoms with Crippen molar-refractivity contribution in [2.75, 3.05) is 13.1 Å². The highest BCUT2D eigenvalue weighted by molar-refractivity contribution is 5.93. The standard InChI is InChI=1S/C18H18N6O2/c25-18(14-3-1-8-19-13-14)23-11-6-15(7-12-23)26-17-5-4-16(21-22-17)24-10-2-9-20-24/h1-5,8-10,13,15H,6-7,11-12H2. The Hall–Kier alpha value is -3.29. The highest BCUT2D eigenvalue weighted by Crippen LogP contribution is 2.18. The van der Waals surface area contributed by atoms with Gasteiger partial charge in [0.25, 0.3) is 5.91 Å². The number of ether oxygens (including phenoxy) is 1. The van der Waals surface area contributed by atoms with E-state index in [0.29, 0.717) is 30.4 Å². The smallest absolute Gasteiger partial charge is 0.255 e. The van der Waals surface area contributed by atoms with Crippen LogP contribution in [-0.4, -0.2) is 55.0 Å². The number of piperidine rings is 1. The Kier molecular flexibility index (Phi) is 4.55. The molecular weight excluding hydrogens is 332 g/mol. The van der Waals surface area contributed by atoms with Gasteiger partial charge in [-0.25, -0.2) is 4.68 Å². The molecule has 0 unspecified atom stereocenters. The number of carbonyl (C=O) groups excluding carboxylic acids is 1. The molecule has 1 saturated heterocycles. The zero-order valence-corrected chi connectivity index (χ0v) is 14.1. The summed E-state index contributed by atoms with van der Waals surface area (Å²) in [5.74, 6) is 1.14. The Bertz CT molecular complexity index is 843. The molecule has 0 N–H and O–H groups in total. The van der Waals surface area contributed by atoms with Crippen LogP contribution >= 0.6 is 0 Å². The van der Waals surface area contributed by atoms with Gasteiger partial charge < -0.3 is 9.64 Å². The summed E-state index contributed by atoms with van der Waals surface area (Å²) in [6, 6.07) is 8.99. The lowest BCUT2D eigenvalue weighted by Crippen LogP contribution is -2.41. The Morgan fingerprint density at radius 3 is 2.62 bits per heavy atom. The van der Waals surface area contributed by atoms with Crippen LogP contribution in [0.4, 0.5) is 0 Å². The summed E-state index contributed by atoms with van der Waals surface area (Å²) in [5, 5.41) is 12.3. The van der Waals surface area contributed by atoms with Gasteiger partial charge in [0, 0.05) is 56.8 Å². The minimum absolute atomic E-state index is 0.0138. The molecule has 3 aromatic heterocycles. The average molecular weight is 350 g/mol. The molecule has 26 heavy (non-hydrogen) atoms. The number of hydrogen-bond donors (Lipinski definition) is 0. The normalized spacial score (nSPS) is 15.0. The van der Waals surface area contributed by atoms with Crippen molar-refractivity contribution in [2.45, 2.75) is 18.9 Å². The lowest BCUT2D eigenvalue weighted by Gasteiger charge is -2.31. The highest BCUT2D eigenvalue weighted by Gasteiger charge is 2.25. The Morgan fingerprint density at radius 2 is 1.96 bits per heavy atom. The summed E-state index contributed by atoms with van der Waals surface area (Å²) in [6.45, 7) is 1.30. The fourth-order valence-electron chi connectivity index (χ4n) is 2.92. The zero-order chi connectivity index (χ0) is 17.8. The van der Waals surface area contributed by atoms with Crippen molar-refractivity contribution in [2.24, 2.45) is 0 Å². The van der Waals surface area contributed by atoms with E-state index in [1.165, 1.54) is 0 Å². The molecule has 0 aromatic carbocycles. The van der Waals surface area contributed by atoms with Crippen molar-refractivity contribution in [3.8, 4) is 11.7 Å². The Labute approximate surface area is 150 Å². The molecule has 4 heterocycles. The molecule has 132 valence electrons. The SMILES string of the molecule is O=C(c1cccnc1)N1CCC(Oc2ccc(-n3cccn3)nn2)CC1. The van der Waals surface area contributed by atoms with Crippen molar-refractivity contribution in [1.29, 1.82) is 0 Å². The summed E-state index contributed by atoms with van der Waals surface area (Å²) >= 11 is 0. The predicted octanol–water partition coefficient (Wildman–Crippen LogP) is 1.74. The van der Waals surface area contributed by atoms with E-state index < -0.39 is 0 Å². The maximum atomic E-state index is 12.4. The fraction of sp³-hybridized carbons (Fsp3) is 0.278. The number of hydrogen-bond acceptors (Lipinski definition) is 6. The predicted molar refractivity (Wildman–Crippen MR) is 92.9 cm³/mol. The second-order valence-electron chi connectivity index (χ2n) is 6.03. The molecule has 1 aliphatic rings. The van der Waals surface area contributed by atoms with E-state index in [9.17, 15) is 4.79 Å². The topological polar surface area (TPSA) is 86.0 Å². The summed E-state index contributed by atoms with van der Waals surface area (Å²) in [6.07, 6.45) is 8.30. The first kappa shape index (κ1) is 16.2. The third-order valence-electron chi connectivity index (χ3n) is 4.29. The average Bonchev–Trinajstić information content (AvgIpc) is 3.24. The van der Waals surface area contributed by atoms with Gasteiger partial charge in [-0.3, -0.25) is 9.78 Å². The van der Waals surface area contributed by atoms with Gasteiger partial charge in [0.1, 0.15) is 6.10 Å². The number of pyridine rings is 1. The van der Waals surface area contributed by atoms with Crippen LogP contribution in [-0.2, 0) is 0 Å². The van der Waals surface area contributed by atoms with Gasteiger partial charge in [0.2, 0.25) is 5.88 Å². The van der Waals surface area contributed by atoms with Crippen LogP contribution in [0.2, 0.25) is 0 Å². The molecule has 4 rings (SSSR count). The third-order valence-corrected chi connectivity index (χ3v) is 4.29. The summed E-state index contributed by atoms with van der Waals surface area (Å²) < 4.78 is 7.55. The first-order valence-electron chi connectivity index (χ1n) is 8.49. The van der Waals surface area contributed by atoms with Crippen LogP contribution in [0.25, 0.3) is 5.82 Å². The fourth-order valence-corrected chi connectivity index (χ4v) is 2.92. The van der Waals surface area contributed by atoms with Gasteiger partial charge in [-0.1, -0.05) is 0 Å². The van der Waals surface area contributed by atoms with E-state index >= 15 is 0 Å². The van der Waals surface area contributed by atoms with E-state index in [1.807, 2.05) is 17.0 Å². The van der Waals surface area contributed by atoms with E-state index in [2.05, 4.69) is 20.3 Å². The number of carbonyl (C=O) groups is 1. The summed E-state index contributed by atoms with van der Waals surface area (Å²) in [5.41, 5.74) is 0.618. The maximum absolute atomic E-state index is 12.4. The first-order chi connectivity index (χ1) is 12.8. The largest absolute Gasteiger partial charge is 0.473 e. The van der Waals surface area contributed by atoms with E-state index in [-0.39, 0.29) is 12.0 Å². The molecule has 0 atom stereocenters. The van der Waals surface area contributed by atoms with Crippen LogP contribution in [0, 0.1) is 0 Å². The number of aromatic nitrogens is 5. The van der Waals surface area contributed by atoms with Crippen molar-refractivity contribution in [1.82, 2.24) is 29.9 Å². The highest BCUT2D eigenvalue weighted by atomic mass is 16.5. The summed E-state index contributed by atoms with van der Waals surface area (Å²) in [4.78, 5) is 18.3. The lowest BCUT2D eigenvalue weighted by molar-refractivity contribution is 0.0585. The quantitative estimate of drug-likeness (QED) is 0.712. The molecule has 3 aromatic rings. The third kappa shape index (κ3) is 3.53. The second kappa shape index (κ2) is 7.30. The van der Waals surface area contributed by atoms with Crippen LogP contribution in [0.3, 0.4) is 0 Å². The van der Waals surface area contributed by atoms with Gasteiger partial charge in [0.05, 0.1) is 5.56 Å². The van der Waals surface area contributed by atoms with Gasteiger partial charge >= 0.3 is 0 Å². The van der Waals surface area contributed by atoms with Crippen molar-refractivity contribution >= 4 is 5.91 Å². The molecule has 8 nitrogen and oxygen atoms in total. The Balaban J connectivity index is 1.32. The molecule has 1 aliphatic heterocycles. The van der Waals surface area contributed by atoms with Crippen molar-refractivity contribution < 1.29 is 9.53 Å². The van der Waals surface area contributed by atoms with Gasteiger partial charge in [0.15, 0.2) is 5.82 Å². The van der Waals surface area contributed by atoms with Crippen LogP contribution in [0.1, 0.15) is 23.2 Å². The molecule has 8 heteroatoms. The van der Waals surface area contributed by atoms with Crippen LogP contribution in [0.15, 0.2) is 55.1 Å². The van der Waals surface area contributed by atoms with Crippen LogP contribution in [0.5, 0.6) is 5.88 Å². The minimum Gasteiger partial charge on any atom is -0.473 e. The molecule has 0 saturated carbocycles. The van der Waals surface area contributed by atoms with E-state index in [0.717, 1.165) is 12.8 Å². The molecular formula is C18H18N6O2. The molecule has 0 radical (unpaired) electrons. The lowest BCUT2D eigenvalue weighted by atomic mass is 10.1. The molecule has 1 fully saturated rings. The Morgan fingerprint density at radius 1 is 1.08 bits per heavy atom. The van der Waals surface area contributed by atoms with Gasteiger partial charge in [-0.2, -0.15) is 5.10 Å². The van der Waals surface area contributed by atoms with Gasteiger partial charge in [-0.15, -0.1) is 10.2 Å². The monoisotopic (exact) mass is 350 g/mol. The number of rotatable bonds is 4. The second-order valence-corrected chi connectivity index (χ2v) is 6.03. The van der Waals surface area contributed by atoms with Crippen LogP contribution < -0.4 is 4.74 Å². The number of amides is 1. The first-order valence-corrected chi connectivity index (χ1v) is 8.49. The zero-order valence-electron chi connectivity index (χ0n) is 14.1. The van der Waals surface area contributed by atoms with Gasteiger partial charge in [-0.05, 0) is 24.3 Å². The molecule has 0 spiro atoms. The van der Waals surface area contributed by atoms with Crippen molar-refractivity contribution in [3.63, 3.8) is 0 Å².